The summed E-state index contributed by atoms with van der Waals surface area (Å²) in [4.78, 5) is 17.1. The zero-order chi connectivity index (χ0) is 31.2. The Kier molecular flexibility index (Phi) is 6.47. The SMILES string of the molecule is C#Cc1cccc2cc(O)cc(-c3ccc4c(N5CC6CCC(C5)N6)nc(OCC5(CN6CC7CN(C)CC76)CC5)nc4c3F)c12. The third-order valence-corrected chi connectivity index (χ3v) is 11.2. The molecule has 0 radical (unpaired) electrons. The predicted molar refractivity (Wildman–Crippen MR) is 178 cm³/mol. The highest BCUT2D eigenvalue weighted by molar-refractivity contribution is 6.04. The number of nitrogens with zero attached hydrogens (tertiary/aromatic N) is 5. The summed E-state index contributed by atoms with van der Waals surface area (Å²) in [7, 11) is 2.21. The molecule has 4 saturated heterocycles. The van der Waals surface area contributed by atoms with E-state index in [2.05, 4.69) is 33.0 Å². The van der Waals surface area contributed by atoms with Gasteiger partial charge in [-0.3, -0.25) is 4.90 Å². The van der Waals surface area contributed by atoms with E-state index in [9.17, 15) is 5.11 Å². The summed E-state index contributed by atoms with van der Waals surface area (Å²) in [6.45, 7) is 6.68. The summed E-state index contributed by atoms with van der Waals surface area (Å²) in [6, 6.07) is 14.1. The third-order valence-electron chi connectivity index (χ3n) is 11.2. The molecule has 1 aliphatic carbocycles. The molecule has 4 unspecified atom stereocenters. The number of likely N-dealkylation sites (N-methyl/N-ethyl adjacent to an activating group) is 1. The van der Waals surface area contributed by atoms with Gasteiger partial charge in [-0.15, -0.1) is 6.42 Å². The molecule has 9 rings (SSSR count). The molecule has 5 aliphatic rings. The fourth-order valence-corrected chi connectivity index (χ4v) is 8.67. The van der Waals surface area contributed by atoms with Gasteiger partial charge in [-0.2, -0.15) is 9.97 Å². The molecule has 5 heterocycles. The van der Waals surface area contributed by atoms with E-state index < -0.39 is 5.82 Å². The number of ether oxygens (including phenoxy) is 1. The van der Waals surface area contributed by atoms with Gasteiger partial charge < -0.3 is 25.0 Å². The number of benzene rings is 3. The quantitative estimate of drug-likeness (QED) is 0.291. The molecule has 236 valence electrons. The second kappa shape index (κ2) is 10.5. The molecule has 8 nitrogen and oxygen atoms in total. The number of phenolic OH excluding ortho intramolecular Hbond substituents is 1. The van der Waals surface area contributed by atoms with Crippen molar-refractivity contribution < 1.29 is 14.2 Å². The predicted octanol–water partition coefficient (Wildman–Crippen LogP) is 4.62. The molecule has 46 heavy (non-hydrogen) atoms. The fourth-order valence-electron chi connectivity index (χ4n) is 8.67. The first-order chi connectivity index (χ1) is 22.4. The van der Waals surface area contributed by atoms with Gasteiger partial charge in [-0.05, 0) is 67.9 Å². The molecule has 4 aliphatic heterocycles. The molecule has 5 fully saturated rings. The summed E-state index contributed by atoms with van der Waals surface area (Å²) in [5, 5.41) is 16.4. The van der Waals surface area contributed by atoms with Gasteiger partial charge in [0.05, 0.1) is 6.61 Å². The van der Waals surface area contributed by atoms with E-state index in [0.29, 0.717) is 46.8 Å². The number of fused-ring (bicyclic) bond motifs is 5. The Morgan fingerprint density at radius 1 is 1.04 bits per heavy atom. The molecule has 4 atom stereocenters. The largest absolute Gasteiger partial charge is 0.508 e. The number of rotatable bonds is 7. The van der Waals surface area contributed by atoms with Crippen LogP contribution in [0.1, 0.15) is 31.2 Å². The van der Waals surface area contributed by atoms with Gasteiger partial charge in [0.15, 0.2) is 5.82 Å². The van der Waals surface area contributed by atoms with E-state index in [1.54, 1.807) is 18.2 Å². The van der Waals surface area contributed by atoms with Crippen molar-refractivity contribution in [3.05, 3.63) is 53.8 Å². The van der Waals surface area contributed by atoms with Crippen LogP contribution in [0.4, 0.5) is 10.2 Å². The van der Waals surface area contributed by atoms with Crippen LogP contribution in [0, 0.1) is 29.5 Å². The average molecular weight is 619 g/mol. The van der Waals surface area contributed by atoms with Crippen molar-refractivity contribution in [2.24, 2.45) is 11.3 Å². The summed E-state index contributed by atoms with van der Waals surface area (Å²) >= 11 is 0. The van der Waals surface area contributed by atoms with E-state index in [-0.39, 0.29) is 22.7 Å². The minimum absolute atomic E-state index is 0.0485. The topological polar surface area (TPSA) is 77.0 Å². The lowest BCUT2D eigenvalue weighted by atomic mass is 9.90. The number of nitrogens with one attached hydrogen (secondary N) is 1. The number of likely N-dealkylation sites (tertiary alicyclic amines) is 2. The second-order valence-corrected chi connectivity index (χ2v) is 14.5. The highest BCUT2D eigenvalue weighted by Crippen LogP contribution is 2.49. The van der Waals surface area contributed by atoms with E-state index >= 15 is 4.39 Å². The van der Waals surface area contributed by atoms with Gasteiger partial charge in [0.25, 0.3) is 0 Å². The minimum Gasteiger partial charge on any atom is -0.508 e. The third kappa shape index (κ3) is 4.69. The number of anilines is 1. The van der Waals surface area contributed by atoms with Crippen LogP contribution in [-0.2, 0) is 0 Å². The average Bonchev–Trinajstić information content (AvgIpc) is 3.65. The first-order valence-corrected chi connectivity index (χ1v) is 16.7. The minimum atomic E-state index is -0.471. The lowest BCUT2D eigenvalue weighted by Gasteiger charge is -2.45. The Labute approximate surface area is 268 Å². The lowest BCUT2D eigenvalue weighted by molar-refractivity contribution is 0.0206. The monoisotopic (exact) mass is 618 g/mol. The van der Waals surface area contributed by atoms with E-state index in [1.165, 1.54) is 6.54 Å². The van der Waals surface area contributed by atoms with Gasteiger partial charge in [-0.1, -0.05) is 24.1 Å². The second-order valence-electron chi connectivity index (χ2n) is 14.5. The zero-order valence-electron chi connectivity index (χ0n) is 26.2. The van der Waals surface area contributed by atoms with Crippen molar-refractivity contribution in [2.45, 2.75) is 43.8 Å². The van der Waals surface area contributed by atoms with Crippen LogP contribution in [-0.4, -0.2) is 95.9 Å². The van der Waals surface area contributed by atoms with Crippen LogP contribution >= 0.6 is 0 Å². The fraction of sp³-hybridized carbons (Fsp3) is 0.459. The number of aromatic nitrogens is 2. The zero-order valence-corrected chi connectivity index (χ0v) is 26.2. The van der Waals surface area contributed by atoms with Crippen molar-refractivity contribution >= 4 is 27.5 Å². The van der Waals surface area contributed by atoms with Gasteiger partial charge >= 0.3 is 6.01 Å². The van der Waals surface area contributed by atoms with Crippen molar-refractivity contribution in [1.29, 1.82) is 0 Å². The van der Waals surface area contributed by atoms with Crippen molar-refractivity contribution in [3.63, 3.8) is 0 Å². The van der Waals surface area contributed by atoms with Crippen LogP contribution in [0.15, 0.2) is 42.5 Å². The van der Waals surface area contributed by atoms with Crippen LogP contribution in [0.25, 0.3) is 32.8 Å². The molecule has 0 spiro atoms. The molecule has 1 aromatic heterocycles. The Morgan fingerprint density at radius 2 is 1.87 bits per heavy atom. The first kappa shape index (κ1) is 28.3. The van der Waals surface area contributed by atoms with E-state index in [0.717, 1.165) is 80.9 Å². The molecular weight excluding hydrogens is 579 g/mol. The molecule has 2 bridgehead atoms. The molecular formula is C37H39FN6O2. The Balaban J connectivity index is 1.10. The normalized spacial score (nSPS) is 26.7. The van der Waals surface area contributed by atoms with Crippen LogP contribution in [0.5, 0.6) is 11.8 Å². The van der Waals surface area contributed by atoms with Gasteiger partial charge in [0.1, 0.15) is 17.1 Å². The smallest absolute Gasteiger partial charge is 0.319 e. The van der Waals surface area contributed by atoms with Crippen LogP contribution in [0.3, 0.4) is 0 Å². The van der Waals surface area contributed by atoms with Crippen molar-refractivity contribution in [1.82, 2.24) is 25.1 Å². The molecule has 4 aromatic rings. The van der Waals surface area contributed by atoms with E-state index in [1.807, 2.05) is 24.3 Å². The van der Waals surface area contributed by atoms with Gasteiger partial charge in [0.2, 0.25) is 0 Å². The van der Waals surface area contributed by atoms with Crippen molar-refractivity contribution in [2.75, 3.05) is 57.8 Å². The Morgan fingerprint density at radius 3 is 2.63 bits per heavy atom. The van der Waals surface area contributed by atoms with Gasteiger partial charge in [0, 0.05) is 90.6 Å². The first-order valence-electron chi connectivity index (χ1n) is 16.7. The highest BCUT2D eigenvalue weighted by Gasteiger charge is 2.51. The molecule has 1 saturated carbocycles. The molecule has 0 amide bonds. The van der Waals surface area contributed by atoms with E-state index in [4.69, 9.17) is 21.1 Å². The number of halogens is 1. The number of piperazine rings is 1. The summed E-state index contributed by atoms with van der Waals surface area (Å²) in [6.07, 6.45) is 10.4. The lowest BCUT2D eigenvalue weighted by Crippen LogP contribution is -2.57. The molecule has 2 N–H and O–H groups in total. The summed E-state index contributed by atoms with van der Waals surface area (Å²) in [5.74, 6) is 3.83. The highest BCUT2D eigenvalue weighted by atomic mass is 19.1. The summed E-state index contributed by atoms with van der Waals surface area (Å²) < 4.78 is 23.3. The van der Waals surface area contributed by atoms with Crippen molar-refractivity contribution in [3.8, 4) is 35.2 Å². The molecule has 3 aromatic carbocycles. The van der Waals surface area contributed by atoms with Gasteiger partial charge in [-0.25, -0.2) is 4.39 Å². The maximum Gasteiger partial charge on any atom is 0.319 e. The standard InChI is InChI=1S/C37H39FN6O2/c1-3-22-5-4-6-23-13-27(45)14-30(32(22)23)28-9-10-29-34(33(28)38)40-36(41-35(29)43-17-25-7-8-26(18-43)39-25)46-21-37(11-12-37)20-44-16-24-15-42(2)19-31(24)44/h1,4-6,9-10,13-14,24-26,31,39,45H,7-8,11-12,15-21H2,2H3. The number of terminal acetylenes is 1. The molecule has 9 heteroatoms. The van der Waals surface area contributed by atoms with Crippen LogP contribution in [0.2, 0.25) is 0 Å². The number of hydrogen-bond donors (Lipinski definition) is 2. The maximum atomic E-state index is 16.9. The van der Waals surface area contributed by atoms with Crippen LogP contribution < -0.4 is 15.0 Å². The number of phenols is 1. The Hall–Kier alpha value is -3.97. The Bertz CT molecular complexity index is 1910. The number of aromatic hydroxyl groups is 1. The maximum absolute atomic E-state index is 16.9. The summed E-state index contributed by atoms with van der Waals surface area (Å²) in [5.41, 5.74) is 1.84. The number of hydrogen-bond acceptors (Lipinski definition) is 8.